The highest BCUT2D eigenvalue weighted by atomic mass is 35.5. The van der Waals surface area contributed by atoms with Crippen molar-refractivity contribution in [1.29, 1.82) is 0 Å². The molecule has 12 heteroatoms. The number of hydrogen-bond donors (Lipinski definition) is 1. The van der Waals surface area contributed by atoms with Crippen LogP contribution in [0.1, 0.15) is 72.4 Å². The summed E-state index contributed by atoms with van der Waals surface area (Å²) in [6, 6.07) is 11.3. The summed E-state index contributed by atoms with van der Waals surface area (Å²) in [7, 11) is 1.93. The highest BCUT2D eigenvalue weighted by Crippen LogP contribution is 2.45. The number of benzene rings is 2. The lowest BCUT2D eigenvalue weighted by Crippen LogP contribution is -2.46. The maximum absolute atomic E-state index is 14.3. The van der Waals surface area contributed by atoms with E-state index in [0.717, 1.165) is 99.4 Å². The van der Waals surface area contributed by atoms with Crippen molar-refractivity contribution in [3.63, 3.8) is 0 Å². The van der Waals surface area contributed by atoms with Crippen molar-refractivity contribution < 1.29 is 19.1 Å². The van der Waals surface area contributed by atoms with Gasteiger partial charge in [0, 0.05) is 89.9 Å². The number of fused-ring (bicyclic) bond motifs is 1. The maximum Gasteiger partial charge on any atom is 0.298 e. The Morgan fingerprint density at radius 3 is 2.36 bits per heavy atom. The highest BCUT2D eigenvalue weighted by molar-refractivity contribution is 6.34. The smallest absolute Gasteiger partial charge is 0.298 e. The molecular weight excluding hydrogens is 747 g/mol. The molecule has 0 spiro atoms. The average molecular weight is 800 g/mol. The number of nitrogens with zero attached hydrogens (tertiary/aromatic N) is 5. The van der Waals surface area contributed by atoms with Crippen LogP contribution in [0.5, 0.6) is 11.5 Å². The molecule has 6 rings (SSSR count). The summed E-state index contributed by atoms with van der Waals surface area (Å²) < 4.78 is 13.3. The van der Waals surface area contributed by atoms with Gasteiger partial charge in [-0.15, -0.1) is 0 Å². The molecule has 10 nitrogen and oxygen atoms in total. The quantitative estimate of drug-likeness (QED) is 0.0942. The Balaban J connectivity index is 1.24. The molecule has 1 saturated heterocycles. The predicted octanol–water partition coefficient (Wildman–Crippen LogP) is 8.72. The average Bonchev–Trinajstić information content (AvgIpc) is 3.65. The molecule has 1 N–H and O–H groups in total. The summed E-state index contributed by atoms with van der Waals surface area (Å²) in [5, 5.41) is 9.18. The first-order valence-electron chi connectivity index (χ1n) is 19.3. The second kappa shape index (κ2) is 17.6. The van der Waals surface area contributed by atoms with Crippen LogP contribution in [0.15, 0.2) is 54.2 Å². The Kier molecular flexibility index (Phi) is 12.8. The number of amides is 1. The van der Waals surface area contributed by atoms with Crippen LogP contribution in [-0.4, -0.2) is 64.8 Å². The second-order valence-electron chi connectivity index (χ2n) is 15.3. The van der Waals surface area contributed by atoms with Crippen molar-refractivity contribution in [1.82, 2.24) is 25.0 Å². The van der Waals surface area contributed by atoms with Gasteiger partial charge in [0.2, 0.25) is 5.91 Å². The number of carbonyl (C=O) groups is 2. The predicted molar refractivity (Wildman–Crippen MR) is 225 cm³/mol. The number of carbonyl (C=O) groups excluding carboxylic acids is 2. The zero-order chi connectivity index (χ0) is 40.3. The van der Waals surface area contributed by atoms with E-state index in [2.05, 4.69) is 40.6 Å². The van der Waals surface area contributed by atoms with Gasteiger partial charge < -0.3 is 24.6 Å². The Morgan fingerprint density at radius 2 is 1.71 bits per heavy atom. The Bertz CT molecular complexity index is 2160. The maximum atomic E-state index is 14.3. The van der Waals surface area contributed by atoms with E-state index in [1.807, 2.05) is 63.7 Å². The molecule has 1 aliphatic heterocycles. The van der Waals surface area contributed by atoms with Crippen LogP contribution in [-0.2, 0) is 29.6 Å². The van der Waals surface area contributed by atoms with Gasteiger partial charge in [-0.05, 0) is 98.9 Å². The summed E-state index contributed by atoms with van der Waals surface area (Å²) in [5.74, 6) is 2.20. The third kappa shape index (κ3) is 8.92. The number of pyridine rings is 1. The SMILES string of the molecule is C=C(CC(C)C)N1CCN(c2cc(OC=O)cc(CNC(=O)C3=C(CCCOc4cc(C)c(Cl)c(C)c4)c4ccc(Cl)c(-c5c(C)nn(C)c5C)c4C3)n2)CC1. The zero-order valence-corrected chi connectivity index (χ0v) is 35.0. The normalized spacial score (nSPS) is 14.0. The Hall–Kier alpha value is -4.80. The van der Waals surface area contributed by atoms with Crippen LogP contribution in [0.2, 0.25) is 10.0 Å². The van der Waals surface area contributed by atoms with Crippen molar-refractivity contribution in [2.45, 2.75) is 73.8 Å². The number of halogens is 2. The van der Waals surface area contributed by atoms with E-state index in [1.54, 1.807) is 12.1 Å². The molecular formula is C44H52Cl2N6O4. The van der Waals surface area contributed by atoms with E-state index >= 15 is 0 Å². The molecule has 2 aliphatic rings. The summed E-state index contributed by atoms with van der Waals surface area (Å²) in [4.78, 5) is 35.1. The van der Waals surface area contributed by atoms with Crippen molar-refractivity contribution in [2.24, 2.45) is 13.0 Å². The van der Waals surface area contributed by atoms with Crippen LogP contribution >= 0.6 is 23.2 Å². The lowest BCUT2D eigenvalue weighted by atomic mass is 9.93. The van der Waals surface area contributed by atoms with Gasteiger partial charge in [-0.25, -0.2) is 4.98 Å². The molecule has 1 aliphatic carbocycles. The van der Waals surface area contributed by atoms with Gasteiger partial charge in [-0.2, -0.15) is 5.10 Å². The third-order valence-electron chi connectivity index (χ3n) is 10.7. The number of aromatic nitrogens is 3. The van der Waals surface area contributed by atoms with Gasteiger partial charge in [0.25, 0.3) is 6.47 Å². The zero-order valence-electron chi connectivity index (χ0n) is 33.5. The van der Waals surface area contributed by atoms with Crippen LogP contribution < -0.4 is 19.7 Å². The van der Waals surface area contributed by atoms with Gasteiger partial charge in [0.05, 0.1) is 24.5 Å². The molecule has 4 aromatic rings. The van der Waals surface area contributed by atoms with Crippen LogP contribution in [0.3, 0.4) is 0 Å². The number of anilines is 1. The van der Waals surface area contributed by atoms with Gasteiger partial charge in [-0.1, -0.05) is 49.7 Å². The number of rotatable bonds is 15. The first kappa shape index (κ1) is 40.9. The molecule has 0 atom stereocenters. The van der Waals surface area contributed by atoms with Gasteiger partial charge >= 0.3 is 0 Å². The van der Waals surface area contributed by atoms with Crippen molar-refractivity contribution in [2.75, 3.05) is 37.7 Å². The van der Waals surface area contributed by atoms with E-state index in [9.17, 15) is 9.59 Å². The number of hydrogen-bond acceptors (Lipinski definition) is 8. The molecule has 0 saturated carbocycles. The van der Waals surface area contributed by atoms with Crippen LogP contribution in [0, 0.1) is 33.6 Å². The minimum Gasteiger partial charge on any atom is -0.494 e. The fourth-order valence-corrected chi connectivity index (χ4v) is 8.30. The van der Waals surface area contributed by atoms with E-state index in [1.165, 1.54) is 0 Å². The molecule has 0 unspecified atom stereocenters. The monoisotopic (exact) mass is 798 g/mol. The molecule has 1 amide bonds. The largest absolute Gasteiger partial charge is 0.494 e. The van der Waals surface area contributed by atoms with Crippen LogP contribution in [0.4, 0.5) is 5.82 Å². The van der Waals surface area contributed by atoms with Crippen molar-refractivity contribution >= 4 is 47.0 Å². The van der Waals surface area contributed by atoms with Gasteiger partial charge in [0.1, 0.15) is 17.3 Å². The molecule has 1 fully saturated rings. The number of nitrogens with one attached hydrogen (secondary N) is 1. The molecule has 2 aromatic heterocycles. The first-order valence-corrected chi connectivity index (χ1v) is 20.0. The minimum absolute atomic E-state index is 0.146. The highest BCUT2D eigenvalue weighted by Gasteiger charge is 2.31. The molecule has 296 valence electrons. The summed E-state index contributed by atoms with van der Waals surface area (Å²) in [6.07, 6.45) is 2.68. The van der Waals surface area contributed by atoms with E-state index in [4.69, 9.17) is 37.7 Å². The first-order chi connectivity index (χ1) is 26.7. The lowest BCUT2D eigenvalue weighted by molar-refractivity contribution is -0.121. The fourth-order valence-electron chi connectivity index (χ4n) is 7.92. The number of aryl methyl sites for hydroxylation is 4. The third-order valence-corrected chi connectivity index (χ3v) is 11.6. The van der Waals surface area contributed by atoms with E-state index in [-0.39, 0.29) is 12.5 Å². The van der Waals surface area contributed by atoms with Gasteiger partial charge in [0.15, 0.2) is 0 Å². The molecule has 56 heavy (non-hydrogen) atoms. The summed E-state index contributed by atoms with van der Waals surface area (Å²) in [5.41, 5.74) is 11.1. The summed E-state index contributed by atoms with van der Waals surface area (Å²) >= 11 is 13.4. The number of allylic oxidation sites excluding steroid dienone is 2. The topological polar surface area (TPSA) is 102 Å². The van der Waals surface area contributed by atoms with Crippen LogP contribution in [0.25, 0.3) is 16.7 Å². The fraction of sp³-hybridized carbons (Fsp3) is 0.409. The van der Waals surface area contributed by atoms with Crippen molar-refractivity contribution in [3.8, 4) is 22.6 Å². The second-order valence-corrected chi connectivity index (χ2v) is 16.0. The van der Waals surface area contributed by atoms with Gasteiger partial charge in [-0.3, -0.25) is 14.3 Å². The van der Waals surface area contributed by atoms with E-state index in [0.29, 0.717) is 66.1 Å². The Labute approximate surface area is 340 Å². The molecule has 2 aromatic carbocycles. The molecule has 0 radical (unpaired) electrons. The standard InChI is InChI=1S/C44H52Cl2N6O4/c1-26(2)18-29(5)51-13-15-52(16-14-51)40-22-34(56-25-53)21-32(48-40)24-47-44(54)38-23-37-36(11-12-39(45)42(37)41-30(6)49-50(8)31(41)7)35(38)10-9-17-55-33-19-27(3)43(46)28(4)20-33/h11-12,19-22,25-26H,5,9-10,13-18,23-24H2,1-4,6-8H3,(H,47,54). The lowest BCUT2D eigenvalue weighted by Gasteiger charge is -2.38. The van der Waals surface area contributed by atoms with E-state index < -0.39 is 0 Å². The molecule has 3 heterocycles. The number of ether oxygens (including phenoxy) is 2. The summed E-state index contributed by atoms with van der Waals surface area (Å²) in [6.45, 7) is 20.8. The Morgan fingerprint density at radius 1 is 1.00 bits per heavy atom. The molecule has 0 bridgehead atoms. The van der Waals surface area contributed by atoms with Crippen molar-refractivity contribution in [3.05, 3.63) is 104 Å². The minimum atomic E-state index is -0.190. The number of piperazine rings is 1.